The zero-order valence-electron chi connectivity index (χ0n) is 13.7. The van der Waals surface area contributed by atoms with Crippen LogP contribution in [-0.4, -0.2) is 29.9 Å². The van der Waals surface area contributed by atoms with E-state index in [1.807, 2.05) is 17.0 Å². The minimum Gasteiger partial charge on any atom is -0.341 e. The number of benzene rings is 1. The molecular weight excluding hydrogens is 308 g/mol. The number of halogens is 1. The van der Waals surface area contributed by atoms with Gasteiger partial charge >= 0.3 is 0 Å². The second kappa shape index (κ2) is 7.67. The minimum absolute atomic E-state index is 0.173. The van der Waals surface area contributed by atoms with Gasteiger partial charge in [-0.05, 0) is 55.2 Å². The van der Waals surface area contributed by atoms with Gasteiger partial charge in [-0.25, -0.2) is 0 Å². The Bertz CT molecular complexity index is 517. The molecule has 2 aliphatic rings. The number of nitrogens with zero attached hydrogens (tertiary/aromatic N) is 1. The molecule has 1 aromatic carbocycles. The molecule has 4 heteroatoms. The molecule has 1 aliphatic carbocycles. The molecule has 1 heterocycles. The summed E-state index contributed by atoms with van der Waals surface area (Å²) < 4.78 is 0. The fraction of sp³-hybridized carbons (Fsp3) is 0.632. The average Bonchev–Trinajstić information content (AvgIpc) is 2.62. The summed E-state index contributed by atoms with van der Waals surface area (Å²) in [4.78, 5) is 14.7. The van der Waals surface area contributed by atoms with Crippen molar-refractivity contribution in [2.75, 3.05) is 13.1 Å². The van der Waals surface area contributed by atoms with Gasteiger partial charge in [0.25, 0.3) is 0 Å². The second-order valence-corrected chi connectivity index (χ2v) is 7.51. The van der Waals surface area contributed by atoms with Gasteiger partial charge in [-0.15, -0.1) is 0 Å². The van der Waals surface area contributed by atoms with Gasteiger partial charge in [-0.1, -0.05) is 43.0 Å². The quantitative estimate of drug-likeness (QED) is 0.909. The van der Waals surface area contributed by atoms with E-state index in [1.165, 1.54) is 24.8 Å². The molecule has 0 spiro atoms. The van der Waals surface area contributed by atoms with Gasteiger partial charge in [-0.2, -0.15) is 0 Å². The molecule has 2 N–H and O–H groups in total. The number of carbonyl (C=O) groups is 1. The predicted molar refractivity (Wildman–Crippen MR) is 94.6 cm³/mol. The molecule has 23 heavy (non-hydrogen) atoms. The summed E-state index contributed by atoms with van der Waals surface area (Å²) in [6, 6.07) is 7.83. The molecule has 3 rings (SSSR count). The molecule has 0 bridgehead atoms. The standard InChI is InChI=1S/C19H27ClN2O/c20-17-8-6-14(7-9-17)15-10-12-22(13-11-15)19(23)18(21)16-4-2-1-3-5-16/h6-9,15-16,18H,1-5,10-13,21H2/t18-/m1/s1. The highest BCUT2D eigenvalue weighted by molar-refractivity contribution is 6.30. The van der Waals surface area contributed by atoms with Gasteiger partial charge < -0.3 is 10.6 Å². The van der Waals surface area contributed by atoms with Crippen LogP contribution in [0, 0.1) is 5.92 Å². The summed E-state index contributed by atoms with van der Waals surface area (Å²) in [5.41, 5.74) is 7.61. The normalized spacial score (nSPS) is 22.1. The number of likely N-dealkylation sites (tertiary alicyclic amines) is 1. The van der Waals surface area contributed by atoms with E-state index in [4.69, 9.17) is 17.3 Å². The summed E-state index contributed by atoms with van der Waals surface area (Å²) in [6.45, 7) is 1.65. The molecule has 1 aliphatic heterocycles. The van der Waals surface area contributed by atoms with Crippen molar-refractivity contribution in [1.29, 1.82) is 0 Å². The Hall–Kier alpha value is -1.06. The second-order valence-electron chi connectivity index (χ2n) is 7.07. The van der Waals surface area contributed by atoms with E-state index in [1.54, 1.807) is 0 Å². The lowest BCUT2D eigenvalue weighted by atomic mass is 9.83. The molecule has 1 atom stereocenters. The number of rotatable bonds is 3. The van der Waals surface area contributed by atoms with Crippen LogP contribution in [0.2, 0.25) is 5.02 Å². The Kier molecular flexibility index (Phi) is 5.60. The van der Waals surface area contributed by atoms with E-state index in [-0.39, 0.29) is 11.9 Å². The molecule has 0 aromatic heterocycles. The maximum atomic E-state index is 12.7. The third kappa shape index (κ3) is 4.07. The van der Waals surface area contributed by atoms with Gasteiger partial charge in [-0.3, -0.25) is 4.79 Å². The summed E-state index contributed by atoms with van der Waals surface area (Å²) in [5, 5.41) is 0.778. The Morgan fingerprint density at radius 2 is 1.65 bits per heavy atom. The molecule has 3 nitrogen and oxygen atoms in total. The van der Waals surface area contributed by atoms with Crippen LogP contribution >= 0.6 is 11.6 Å². The van der Waals surface area contributed by atoms with Crippen molar-refractivity contribution in [1.82, 2.24) is 4.90 Å². The molecule has 1 saturated carbocycles. The van der Waals surface area contributed by atoms with Crippen molar-refractivity contribution in [3.63, 3.8) is 0 Å². The van der Waals surface area contributed by atoms with Gasteiger partial charge in [0.15, 0.2) is 0 Å². The predicted octanol–water partition coefficient (Wildman–Crippen LogP) is 3.95. The Morgan fingerprint density at radius 3 is 2.26 bits per heavy atom. The van der Waals surface area contributed by atoms with Crippen molar-refractivity contribution in [3.8, 4) is 0 Å². The van der Waals surface area contributed by atoms with Crippen LogP contribution in [0.15, 0.2) is 24.3 Å². The van der Waals surface area contributed by atoms with Crippen LogP contribution in [0.3, 0.4) is 0 Å². The molecule has 1 saturated heterocycles. The van der Waals surface area contributed by atoms with E-state index < -0.39 is 0 Å². The topological polar surface area (TPSA) is 46.3 Å². The van der Waals surface area contributed by atoms with E-state index in [2.05, 4.69) is 12.1 Å². The third-order valence-corrected chi connectivity index (χ3v) is 5.84. The van der Waals surface area contributed by atoms with E-state index in [9.17, 15) is 4.79 Å². The lowest BCUT2D eigenvalue weighted by Crippen LogP contribution is -2.50. The lowest BCUT2D eigenvalue weighted by molar-refractivity contribution is -0.135. The van der Waals surface area contributed by atoms with E-state index in [0.29, 0.717) is 11.8 Å². The number of piperidine rings is 1. The number of nitrogens with two attached hydrogens (primary N) is 1. The number of hydrogen-bond donors (Lipinski definition) is 1. The fourth-order valence-corrected chi connectivity index (χ4v) is 4.20. The van der Waals surface area contributed by atoms with Crippen molar-refractivity contribution in [2.24, 2.45) is 11.7 Å². The minimum atomic E-state index is -0.289. The maximum absolute atomic E-state index is 12.7. The van der Waals surface area contributed by atoms with Crippen molar-refractivity contribution in [2.45, 2.75) is 56.9 Å². The van der Waals surface area contributed by atoms with Crippen molar-refractivity contribution < 1.29 is 4.79 Å². The molecule has 1 amide bonds. The number of hydrogen-bond acceptors (Lipinski definition) is 2. The Balaban J connectivity index is 1.53. The van der Waals surface area contributed by atoms with Gasteiger partial charge in [0, 0.05) is 18.1 Å². The third-order valence-electron chi connectivity index (χ3n) is 5.59. The van der Waals surface area contributed by atoms with E-state index >= 15 is 0 Å². The number of carbonyl (C=O) groups excluding carboxylic acids is 1. The molecule has 0 radical (unpaired) electrons. The highest BCUT2D eigenvalue weighted by atomic mass is 35.5. The van der Waals surface area contributed by atoms with Gasteiger partial charge in [0.2, 0.25) is 5.91 Å². The van der Waals surface area contributed by atoms with Crippen LogP contribution in [0.5, 0.6) is 0 Å². The Morgan fingerprint density at radius 1 is 1.04 bits per heavy atom. The monoisotopic (exact) mass is 334 g/mol. The molecule has 1 aromatic rings. The van der Waals surface area contributed by atoms with Crippen LogP contribution in [0.1, 0.15) is 56.4 Å². The van der Waals surface area contributed by atoms with Crippen LogP contribution < -0.4 is 5.73 Å². The first-order valence-corrected chi connectivity index (χ1v) is 9.33. The van der Waals surface area contributed by atoms with Gasteiger partial charge in [0.05, 0.1) is 6.04 Å². The van der Waals surface area contributed by atoms with Crippen LogP contribution in [0.25, 0.3) is 0 Å². The SMILES string of the molecule is N[C@@H](C(=O)N1CCC(c2ccc(Cl)cc2)CC1)C1CCCCC1. The van der Waals surface area contributed by atoms with Crippen LogP contribution in [0.4, 0.5) is 0 Å². The summed E-state index contributed by atoms with van der Waals surface area (Å²) in [6.07, 6.45) is 8.02. The molecular formula is C19H27ClN2O. The Labute approximate surface area is 144 Å². The summed E-state index contributed by atoms with van der Waals surface area (Å²) in [7, 11) is 0. The van der Waals surface area contributed by atoms with Gasteiger partial charge in [0.1, 0.15) is 0 Å². The summed E-state index contributed by atoms with van der Waals surface area (Å²) >= 11 is 5.96. The first-order chi connectivity index (χ1) is 11.1. The summed E-state index contributed by atoms with van der Waals surface area (Å²) in [5.74, 6) is 1.10. The zero-order chi connectivity index (χ0) is 16.2. The molecule has 0 unspecified atom stereocenters. The first kappa shape index (κ1) is 16.8. The van der Waals surface area contributed by atoms with Crippen LogP contribution in [-0.2, 0) is 4.79 Å². The zero-order valence-corrected chi connectivity index (χ0v) is 14.5. The maximum Gasteiger partial charge on any atom is 0.239 e. The smallest absolute Gasteiger partial charge is 0.239 e. The lowest BCUT2D eigenvalue weighted by Gasteiger charge is -2.36. The van der Waals surface area contributed by atoms with Crippen molar-refractivity contribution >= 4 is 17.5 Å². The highest BCUT2D eigenvalue weighted by Gasteiger charge is 2.31. The average molecular weight is 335 g/mol. The molecule has 126 valence electrons. The van der Waals surface area contributed by atoms with E-state index in [0.717, 1.165) is 43.8 Å². The highest BCUT2D eigenvalue weighted by Crippen LogP contribution is 2.31. The largest absolute Gasteiger partial charge is 0.341 e. The van der Waals surface area contributed by atoms with Crippen molar-refractivity contribution in [3.05, 3.63) is 34.9 Å². The molecule has 2 fully saturated rings. The fourth-order valence-electron chi connectivity index (χ4n) is 4.07. The first-order valence-electron chi connectivity index (χ1n) is 8.95. The number of amides is 1.